The third-order valence-corrected chi connectivity index (χ3v) is 5.70. The molecule has 140 valence electrons. The van der Waals surface area contributed by atoms with Crippen LogP contribution >= 0.6 is 0 Å². The molecule has 0 spiro atoms. The van der Waals surface area contributed by atoms with E-state index < -0.39 is 16.1 Å². The summed E-state index contributed by atoms with van der Waals surface area (Å²) in [7, 11) is -1.81. The highest BCUT2D eigenvalue weighted by Crippen LogP contribution is 2.21. The topological polar surface area (TPSA) is 70.2 Å². The van der Waals surface area contributed by atoms with Crippen LogP contribution in [0.1, 0.15) is 13.8 Å². The molecule has 8 heteroatoms. The van der Waals surface area contributed by atoms with Crippen molar-refractivity contribution in [3.05, 3.63) is 24.3 Å². The molecule has 0 saturated carbocycles. The van der Waals surface area contributed by atoms with Crippen molar-refractivity contribution in [3.63, 3.8) is 0 Å². The van der Waals surface area contributed by atoms with Crippen molar-refractivity contribution in [2.75, 3.05) is 50.3 Å². The van der Waals surface area contributed by atoms with E-state index in [1.54, 1.807) is 31.2 Å². The van der Waals surface area contributed by atoms with E-state index in [1.807, 2.05) is 4.90 Å². The number of amides is 1. The van der Waals surface area contributed by atoms with Gasteiger partial charge in [0, 0.05) is 33.2 Å². The summed E-state index contributed by atoms with van der Waals surface area (Å²) in [6.07, 6.45) is 0.572. The maximum atomic E-state index is 12.5. The highest BCUT2D eigenvalue weighted by molar-refractivity contribution is 7.92. The van der Waals surface area contributed by atoms with Gasteiger partial charge in [0.1, 0.15) is 5.75 Å². The van der Waals surface area contributed by atoms with Crippen molar-refractivity contribution in [1.82, 2.24) is 9.80 Å². The molecule has 1 aromatic rings. The van der Waals surface area contributed by atoms with Crippen LogP contribution in [0.25, 0.3) is 0 Å². The molecular formula is C17H27N3O4S. The van der Waals surface area contributed by atoms with Gasteiger partial charge in [-0.25, -0.2) is 8.42 Å². The number of rotatable bonds is 6. The summed E-state index contributed by atoms with van der Waals surface area (Å²) >= 11 is 0. The van der Waals surface area contributed by atoms with Crippen molar-refractivity contribution in [2.24, 2.45) is 0 Å². The molecular weight excluding hydrogens is 342 g/mol. The Balaban J connectivity index is 1.94. The number of ether oxygens (including phenoxy) is 1. The number of piperazine rings is 1. The Kier molecular flexibility index (Phi) is 6.29. The van der Waals surface area contributed by atoms with Gasteiger partial charge < -0.3 is 14.5 Å². The molecule has 1 heterocycles. The summed E-state index contributed by atoms with van der Waals surface area (Å²) in [6, 6.07) is 6.67. The normalized spacial score (nSPS) is 17.2. The van der Waals surface area contributed by atoms with Crippen LogP contribution in [0.4, 0.5) is 5.69 Å². The minimum atomic E-state index is -3.30. The van der Waals surface area contributed by atoms with Crippen molar-refractivity contribution in [3.8, 4) is 5.75 Å². The Morgan fingerprint density at radius 3 is 2.24 bits per heavy atom. The quantitative estimate of drug-likeness (QED) is 0.749. The number of sulfonamides is 1. The molecule has 0 aliphatic carbocycles. The highest BCUT2D eigenvalue weighted by atomic mass is 32.2. The van der Waals surface area contributed by atoms with Gasteiger partial charge in [-0.15, -0.1) is 0 Å². The van der Waals surface area contributed by atoms with Crippen LogP contribution in [-0.2, 0) is 14.8 Å². The molecule has 1 aliphatic heterocycles. The molecule has 2 rings (SSSR count). The first-order valence-corrected chi connectivity index (χ1v) is 10.3. The summed E-state index contributed by atoms with van der Waals surface area (Å²) in [6.45, 7) is 8.08. The van der Waals surface area contributed by atoms with Gasteiger partial charge in [-0.1, -0.05) is 6.92 Å². The van der Waals surface area contributed by atoms with E-state index in [-0.39, 0.29) is 5.91 Å². The van der Waals surface area contributed by atoms with Crippen LogP contribution in [0.3, 0.4) is 0 Å². The van der Waals surface area contributed by atoms with Crippen molar-refractivity contribution >= 4 is 21.6 Å². The molecule has 7 nitrogen and oxygen atoms in total. The average molecular weight is 369 g/mol. The highest BCUT2D eigenvalue weighted by Gasteiger charge is 2.25. The van der Waals surface area contributed by atoms with Gasteiger partial charge >= 0.3 is 0 Å². The molecule has 1 aliphatic rings. The Morgan fingerprint density at radius 2 is 1.76 bits per heavy atom. The van der Waals surface area contributed by atoms with Crippen LogP contribution in [0.5, 0.6) is 5.75 Å². The van der Waals surface area contributed by atoms with Crippen LogP contribution in [0.2, 0.25) is 0 Å². The fraction of sp³-hybridized carbons (Fsp3) is 0.588. The fourth-order valence-electron chi connectivity index (χ4n) is 2.72. The van der Waals surface area contributed by atoms with E-state index in [0.29, 0.717) is 11.4 Å². The first-order valence-electron chi connectivity index (χ1n) is 8.44. The monoisotopic (exact) mass is 369 g/mol. The number of hydrogen-bond acceptors (Lipinski definition) is 5. The zero-order valence-electron chi connectivity index (χ0n) is 15.3. The standard InChI is InChI=1S/C17H27N3O4S/c1-5-19-10-12-20(13-11-19)17(21)14(2)24-16-8-6-15(7-9-16)18(3)25(4,22)23/h6-9,14H,5,10-13H2,1-4H3/t14-/m1/s1. The van der Waals surface area contributed by atoms with Gasteiger partial charge in [0.25, 0.3) is 5.91 Å². The second kappa shape index (κ2) is 8.05. The van der Waals surface area contributed by atoms with Crippen molar-refractivity contribution < 1.29 is 17.9 Å². The number of carbonyl (C=O) groups excluding carboxylic acids is 1. The maximum Gasteiger partial charge on any atom is 0.263 e. The Hall–Kier alpha value is -1.80. The van der Waals surface area contributed by atoms with Gasteiger partial charge in [-0.2, -0.15) is 0 Å². The van der Waals surface area contributed by atoms with E-state index in [4.69, 9.17) is 4.74 Å². The summed E-state index contributed by atoms with van der Waals surface area (Å²) in [4.78, 5) is 16.6. The lowest BCUT2D eigenvalue weighted by molar-refractivity contribution is -0.139. The van der Waals surface area contributed by atoms with Gasteiger partial charge in [0.15, 0.2) is 6.10 Å². The Morgan fingerprint density at radius 1 is 1.20 bits per heavy atom. The predicted octanol–water partition coefficient (Wildman–Crippen LogP) is 1.01. The van der Waals surface area contributed by atoms with Crippen molar-refractivity contribution in [1.29, 1.82) is 0 Å². The number of benzene rings is 1. The average Bonchev–Trinajstić information content (AvgIpc) is 2.60. The first kappa shape index (κ1) is 19.5. The van der Waals surface area contributed by atoms with E-state index in [2.05, 4.69) is 11.8 Å². The molecule has 0 radical (unpaired) electrons. The number of anilines is 1. The van der Waals surface area contributed by atoms with Crippen LogP contribution in [0, 0.1) is 0 Å². The fourth-order valence-corrected chi connectivity index (χ4v) is 3.23. The third-order valence-electron chi connectivity index (χ3n) is 4.49. The summed E-state index contributed by atoms with van der Waals surface area (Å²) in [5.41, 5.74) is 0.546. The molecule has 1 fully saturated rings. The number of likely N-dealkylation sites (N-methyl/N-ethyl adjacent to an activating group) is 1. The van der Waals surface area contributed by atoms with E-state index in [9.17, 15) is 13.2 Å². The predicted molar refractivity (Wildman–Crippen MR) is 98.5 cm³/mol. The van der Waals surface area contributed by atoms with Crippen LogP contribution in [-0.4, -0.2) is 76.3 Å². The van der Waals surface area contributed by atoms with E-state index >= 15 is 0 Å². The zero-order valence-corrected chi connectivity index (χ0v) is 16.1. The number of carbonyl (C=O) groups is 1. The Labute approximate surface area is 150 Å². The lowest BCUT2D eigenvalue weighted by atomic mass is 10.2. The van der Waals surface area contributed by atoms with Gasteiger partial charge in [-0.3, -0.25) is 9.10 Å². The van der Waals surface area contributed by atoms with E-state index in [0.717, 1.165) is 39.0 Å². The molecule has 1 atom stereocenters. The summed E-state index contributed by atoms with van der Waals surface area (Å²) < 4.78 is 30.0. The molecule has 0 bridgehead atoms. The van der Waals surface area contributed by atoms with Crippen molar-refractivity contribution in [2.45, 2.75) is 20.0 Å². The second-order valence-corrected chi connectivity index (χ2v) is 8.26. The smallest absolute Gasteiger partial charge is 0.263 e. The van der Waals surface area contributed by atoms with Gasteiger partial charge in [0.2, 0.25) is 10.0 Å². The largest absolute Gasteiger partial charge is 0.481 e. The molecule has 1 aromatic carbocycles. The molecule has 1 amide bonds. The molecule has 0 aromatic heterocycles. The summed E-state index contributed by atoms with van der Waals surface area (Å²) in [5, 5.41) is 0. The lowest BCUT2D eigenvalue weighted by Gasteiger charge is -2.35. The van der Waals surface area contributed by atoms with Crippen LogP contribution < -0.4 is 9.04 Å². The second-order valence-electron chi connectivity index (χ2n) is 6.24. The molecule has 0 unspecified atom stereocenters. The van der Waals surface area contributed by atoms with E-state index in [1.165, 1.54) is 11.4 Å². The van der Waals surface area contributed by atoms with Gasteiger partial charge in [-0.05, 0) is 37.7 Å². The van der Waals surface area contributed by atoms with Crippen LogP contribution in [0.15, 0.2) is 24.3 Å². The summed E-state index contributed by atoms with van der Waals surface area (Å²) in [5.74, 6) is 0.520. The Bertz CT molecular complexity index is 682. The zero-order chi connectivity index (χ0) is 18.6. The number of nitrogens with zero attached hydrogens (tertiary/aromatic N) is 3. The van der Waals surface area contributed by atoms with Gasteiger partial charge in [0.05, 0.1) is 11.9 Å². The molecule has 1 saturated heterocycles. The number of hydrogen-bond donors (Lipinski definition) is 0. The first-order chi connectivity index (χ1) is 11.7. The molecule has 25 heavy (non-hydrogen) atoms. The SMILES string of the molecule is CCN1CCN(C(=O)[C@@H](C)Oc2ccc(N(C)S(C)(=O)=O)cc2)CC1. The third kappa shape index (κ3) is 5.09. The maximum absolute atomic E-state index is 12.5. The molecule has 0 N–H and O–H groups in total. The minimum absolute atomic E-state index is 0.0203. The lowest BCUT2D eigenvalue weighted by Crippen LogP contribution is -2.51. The minimum Gasteiger partial charge on any atom is -0.481 e.